The van der Waals surface area contributed by atoms with Gasteiger partial charge in [-0.25, -0.2) is 23.2 Å². The Morgan fingerprint density at radius 2 is 1.69 bits per heavy atom. The molecule has 3 aromatic rings. The minimum absolute atomic E-state index is 0.0271. The fourth-order valence-electron chi connectivity index (χ4n) is 6.05. The quantitative estimate of drug-likeness (QED) is 0.259. The molecule has 2 amide bonds. The number of aromatic nitrogens is 3. The molecule has 45 heavy (non-hydrogen) atoms. The zero-order valence-electron chi connectivity index (χ0n) is 26.0. The van der Waals surface area contributed by atoms with Crippen LogP contribution in [0.3, 0.4) is 0 Å². The van der Waals surface area contributed by atoms with Crippen LogP contribution in [0, 0.1) is 6.92 Å². The molecule has 3 heterocycles. The summed E-state index contributed by atoms with van der Waals surface area (Å²) < 4.78 is 32.1. The van der Waals surface area contributed by atoms with Crippen LogP contribution in [0.4, 0.5) is 28.1 Å². The van der Waals surface area contributed by atoms with Gasteiger partial charge in [0.05, 0.1) is 21.5 Å². The number of rotatable bonds is 9. The molecule has 2 unspecified atom stereocenters. The van der Waals surface area contributed by atoms with Gasteiger partial charge in [0.2, 0.25) is 17.8 Å². The normalized spacial score (nSPS) is 17.4. The summed E-state index contributed by atoms with van der Waals surface area (Å²) in [7, 11) is -3.54. The number of hydrogen-bond donors (Lipinski definition) is 4. The van der Waals surface area contributed by atoms with Gasteiger partial charge in [-0.15, -0.1) is 0 Å². The van der Waals surface area contributed by atoms with Gasteiger partial charge in [0.1, 0.15) is 24.2 Å². The molecule has 14 heteroatoms. The first-order chi connectivity index (χ1) is 21.3. The summed E-state index contributed by atoms with van der Waals surface area (Å²) in [6.45, 7) is 10.0. The summed E-state index contributed by atoms with van der Waals surface area (Å²) in [5.74, 6) is 1.20. The number of aryl methyl sites for hydroxylation is 1. The number of para-hydroxylation sites is 1. The van der Waals surface area contributed by atoms with Gasteiger partial charge in [0, 0.05) is 25.1 Å². The summed E-state index contributed by atoms with van der Waals surface area (Å²) >= 11 is 0. The maximum atomic E-state index is 12.9. The standard InChI is InChI=1S/C31H39N7O6S/c1-17(2)45(42,43)25-9-7-6-8-23(25)35-29-32-16-33-30(37-29)36-24-14-18(3)26(22-15-19(4)44-27(22)24)21-10-12-38(13-11-21)28(39)20(5)34-31(40)41/h6-9,14,16-17,19-21,34H,10-13,15H2,1-5H3,(H,40,41)(H2,32,33,35,36,37). The predicted molar refractivity (Wildman–Crippen MR) is 169 cm³/mol. The Hall–Kier alpha value is -4.46. The largest absolute Gasteiger partial charge is 0.488 e. The lowest BCUT2D eigenvalue weighted by Gasteiger charge is -2.35. The van der Waals surface area contributed by atoms with Gasteiger partial charge < -0.3 is 30.7 Å². The molecule has 0 aliphatic carbocycles. The number of amides is 2. The summed E-state index contributed by atoms with van der Waals surface area (Å²) in [5.41, 5.74) is 4.53. The van der Waals surface area contributed by atoms with Crippen LogP contribution in [0.5, 0.6) is 5.75 Å². The average Bonchev–Trinajstić information content (AvgIpc) is 3.38. The maximum absolute atomic E-state index is 12.9. The van der Waals surface area contributed by atoms with E-state index in [4.69, 9.17) is 9.84 Å². The molecular weight excluding hydrogens is 598 g/mol. The van der Waals surface area contributed by atoms with Gasteiger partial charge in [0.25, 0.3) is 0 Å². The van der Waals surface area contributed by atoms with E-state index in [1.54, 1.807) is 49.9 Å². The summed E-state index contributed by atoms with van der Waals surface area (Å²) in [4.78, 5) is 38.6. The molecule has 1 saturated heterocycles. The third-order valence-corrected chi connectivity index (χ3v) is 10.5. The number of ether oxygens (including phenoxy) is 1. The van der Waals surface area contributed by atoms with E-state index in [0.717, 1.165) is 41.8 Å². The molecule has 0 radical (unpaired) electrons. The van der Waals surface area contributed by atoms with Crippen LogP contribution in [0.1, 0.15) is 63.1 Å². The van der Waals surface area contributed by atoms with Crippen molar-refractivity contribution in [2.45, 2.75) is 82.1 Å². The number of nitrogens with zero attached hydrogens (tertiary/aromatic N) is 4. The van der Waals surface area contributed by atoms with Crippen LogP contribution in [-0.4, -0.2) is 75.9 Å². The fourth-order valence-corrected chi connectivity index (χ4v) is 7.25. The number of sulfone groups is 1. The van der Waals surface area contributed by atoms with E-state index in [-0.39, 0.29) is 34.7 Å². The molecule has 13 nitrogen and oxygen atoms in total. The summed E-state index contributed by atoms with van der Waals surface area (Å²) in [6.07, 6.45) is 2.37. The maximum Gasteiger partial charge on any atom is 0.405 e. The number of carbonyl (C=O) groups excluding carboxylic acids is 1. The second-order valence-corrected chi connectivity index (χ2v) is 14.3. The smallest absolute Gasteiger partial charge is 0.405 e. The van der Waals surface area contributed by atoms with Crippen molar-refractivity contribution in [3.63, 3.8) is 0 Å². The fraction of sp³-hybridized carbons (Fsp3) is 0.452. The van der Waals surface area contributed by atoms with Crippen molar-refractivity contribution in [2.24, 2.45) is 0 Å². The lowest BCUT2D eigenvalue weighted by atomic mass is 9.82. The van der Waals surface area contributed by atoms with E-state index >= 15 is 0 Å². The lowest BCUT2D eigenvalue weighted by Crippen LogP contribution is -2.48. The topological polar surface area (TPSA) is 176 Å². The number of nitrogens with one attached hydrogen (secondary N) is 3. The van der Waals surface area contributed by atoms with E-state index in [1.807, 2.05) is 13.0 Å². The molecule has 0 spiro atoms. The van der Waals surface area contributed by atoms with Gasteiger partial charge in [-0.1, -0.05) is 12.1 Å². The van der Waals surface area contributed by atoms with E-state index in [9.17, 15) is 18.0 Å². The van der Waals surface area contributed by atoms with Crippen LogP contribution >= 0.6 is 0 Å². The van der Waals surface area contributed by atoms with Gasteiger partial charge in [-0.05, 0) is 82.7 Å². The van der Waals surface area contributed by atoms with Crippen molar-refractivity contribution < 1.29 is 27.9 Å². The van der Waals surface area contributed by atoms with Crippen LogP contribution in [-0.2, 0) is 21.1 Å². The molecule has 2 aliphatic rings. The van der Waals surface area contributed by atoms with Gasteiger partial charge in [-0.2, -0.15) is 4.98 Å². The first kappa shape index (κ1) is 31.9. The van der Waals surface area contributed by atoms with Crippen molar-refractivity contribution in [3.05, 3.63) is 53.3 Å². The van der Waals surface area contributed by atoms with Crippen LogP contribution < -0.4 is 20.7 Å². The molecule has 2 atom stereocenters. The molecule has 2 aromatic carbocycles. The highest BCUT2D eigenvalue weighted by atomic mass is 32.2. The van der Waals surface area contributed by atoms with Crippen molar-refractivity contribution in [2.75, 3.05) is 23.7 Å². The molecule has 1 fully saturated rings. The Morgan fingerprint density at radius 1 is 1.04 bits per heavy atom. The molecule has 0 bridgehead atoms. The van der Waals surface area contributed by atoms with Crippen LogP contribution in [0.15, 0.2) is 41.6 Å². The number of anilines is 4. The minimum Gasteiger partial charge on any atom is -0.488 e. The molecule has 4 N–H and O–H groups in total. The first-order valence-corrected chi connectivity index (χ1v) is 16.6. The number of carbonyl (C=O) groups is 2. The number of likely N-dealkylation sites (tertiary alicyclic amines) is 1. The summed E-state index contributed by atoms with van der Waals surface area (Å²) in [5, 5.41) is 16.9. The molecule has 2 aliphatic heterocycles. The number of benzene rings is 2. The Kier molecular flexibility index (Phi) is 9.14. The highest BCUT2D eigenvalue weighted by Crippen LogP contribution is 2.45. The van der Waals surface area contributed by atoms with E-state index in [0.29, 0.717) is 18.8 Å². The highest BCUT2D eigenvalue weighted by Gasteiger charge is 2.34. The highest BCUT2D eigenvalue weighted by molar-refractivity contribution is 7.92. The Morgan fingerprint density at radius 3 is 2.33 bits per heavy atom. The van der Waals surface area contributed by atoms with Crippen LogP contribution in [0.25, 0.3) is 0 Å². The van der Waals surface area contributed by atoms with Crippen molar-refractivity contribution in [1.29, 1.82) is 0 Å². The molecule has 240 valence electrons. The average molecular weight is 638 g/mol. The zero-order chi connectivity index (χ0) is 32.5. The van der Waals surface area contributed by atoms with E-state index in [2.05, 4.69) is 37.8 Å². The summed E-state index contributed by atoms with van der Waals surface area (Å²) in [6, 6.07) is 7.88. The number of piperidine rings is 1. The van der Waals surface area contributed by atoms with E-state index in [1.165, 1.54) is 11.9 Å². The lowest BCUT2D eigenvalue weighted by molar-refractivity contribution is -0.133. The predicted octanol–water partition coefficient (Wildman–Crippen LogP) is 4.53. The Balaban J connectivity index is 1.36. The third kappa shape index (κ3) is 6.80. The van der Waals surface area contributed by atoms with Gasteiger partial charge in [-0.3, -0.25) is 4.79 Å². The minimum atomic E-state index is -3.54. The Bertz CT molecular complexity index is 1710. The molecule has 5 rings (SSSR count). The monoisotopic (exact) mass is 637 g/mol. The number of fused-ring (bicyclic) bond motifs is 1. The van der Waals surface area contributed by atoms with Crippen molar-refractivity contribution >= 4 is 45.1 Å². The molecule has 0 saturated carbocycles. The Labute approximate surface area is 262 Å². The zero-order valence-corrected chi connectivity index (χ0v) is 26.8. The SMILES string of the molecule is Cc1cc(Nc2ncnc(Nc3ccccc3S(=O)(=O)C(C)C)n2)c2c(c1C1CCN(C(=O)C(C)NC(=O)O)CC1)CC(C)O2. The van der Waals surface area contributed by atoms with Crippen molar-refractivity contribution in [1.82, 2.24) is 25.2 Å². The first-order valence-electron chi connectivity index (χ1n) is 15.0. The second kappa shape index (κ2) is 12.9. The van der Waals surface area contributed by atoms with Gasteiger partial charge >= 0.3 is 6.09 Å². The van der Waals surface area contributed by atoms with E-state index < -0.39 is 27.2 Å². The third-order valence-electron chi connectivity index (χ3n) is 8.24. The number of hydrogen-bond acceptors (Lipinski definition) is 10. The van der Waals surface area contributed by atoms with Crippen LogP contribution in [0.2, 0.25) is 0 Å². The number of carboxylic acid groups (broad SMARTS) is 1. The second-order valence-electron chi connectivity index (χ2n) is 11.8. The van der Waals surface area contributed by atoms with Crippen molar-refractivity contribution in [3.8, 4) is 5.75 Å². The van der Waals surface area contributed by atoms with Gasteiger partial charge in [0.15, 0.2) is 9.84 Å². The molecular formula is C31H39N7O6S. The molecule has 1 aromatic heterocycles.